The van der Waals surface area contributed by atoms with Crippen LogP contribution in [0, 0.1) is 0 Å². The number of carbonyl (C=O) groups is 3. The highest BCUT2D eigenvalue weighted by Crippen LogP contribution is 2.21. The van der Waals surface area contributed by atoms with Crippen LogP contribution in [0.15, 0.2) is 24.4 Å². The van der Waals surface area contributed by atoms with Crippen LogP contribution in [0.4, 0.5) is 0 Å². The summed E-state index contributed by atoms with van der Waals surface area (Å²) in [7, 11) is 0. The fourth-order valence-electron chi connectivity index (χ4n) is 2.82. The van der Waals surface area contributed by atoms with E-state index in [2.05, 4.69) is 16.1 Å². The van der Waals surface area contributed by atoms with Gasteiger partial charge >= 0.3 is 17.9 Å². The summed E-state index contributed by atoms with van der Waals surface area (Å²) >= 11 is 0. The van der Waals surface area contributed by atoms with E-state index in [1.807, 2.05) is 0 Å². The van der Waals surface area contributed by atoms with Crippen LogP contribution >= 0.6 is 0 Å². The van der Waals surface area contributed by atoms with E-state index in [4.69, 9.17) is 9.84 Å². The van der Waals surface area contributed by atoms with Crippen LogP contribution in [-0.4, -0.2) is 52.0 Å². The molecule has 0 saturated heterocycles. The first kappa shape index (κ1) is 24.5. The van der Waals surface area contributed by atoms with Gasteiger partial charge in [0.15, 0.2) is 11.9 Å². The maximum absolute atomic E-state index is 11.7. The summed E-state index contributed by atoms with van der Waals surface area (Å²) in [4.78, 5) is 33.8. The molecule has 0 aliphatic carbocycles. The molecular weight excluding hydrogens is 384 g/mol. The maximum Gasteiger partial charge on any atom is 0.377 e. The van der Waals surface area contributed by atoms with Crippen molar-refractivity contribution in [1.82, 2.24) is 0 Å². The number of rotatable bonds is 15. The molecule has 1 aliphatic heterocycles. The van der Waals surface area contributed by atoms with Gasteiger partial charge in [-0.3, -0.25) is 9.59 Å². The summed E-state index contributed by atoms with van der Waals surface area (Å²) < 4.78 is 14.1. The summed E-state index contributed by atoms with van der Waals surface area (Å²) in [6.45, 7) is 2.88. The molecule has 3 N–H and O–H groups in total. The van der Waals surface area contributed by atoms with Crippen LogP contribution in [0.25, 0.3) is 0 Å². The molecule has 0 aromatic heterocycles. The fraction of sp³-hybridized carbons (Fsp3) is 0.650. The van der Waals surface area contributed by atoms with Crippen molar-refractivity contribution in [1.29, 1.82) is 0 Å². The van der Waals surface area contributed by atoms with Crippen molar-refractivity contribution in [2.75, 3.05) is 6.61 Å². The minimum atomic E-state index is -1.45. The van der Waals surface area contributed by atoms with Gasteiger partial charge in [-0.25, -0.2) is 4.79 Å². The monoisotopic (exact) mass is 414 g/mol. The van der Waals surface area contributed by atoms with Gasteiger partial charge in [-0.15, -0.1) is 0 Å². The molecule has 29 heavy (non-hydrogen) atoms. The van der Waals surface area contributed by atoms with Crippen molar-refractivity contribution in [3.63, 3.8) is 0 Å². The first-order valence-electron chi connectivity index (χ1n) is 9.84. The van der Waals surface area contributed by atoms with Gasteiger partial charge in [0, 0.05) is 12.8 Å². The summed E-state index contributed by atoms with van der Waals surface area (Å²) in [5.41, 5.74) is 0. The molecule has 0 aromatic rings. The summed E-state index contributed by atoms with van der Waals surface area (Å²) in [6.07, 6.45) is 6.33. The zero-order valence-corrected chi connectivity index (χ0v) is 16.5. The van der Waals surface area contributed by atoms with E-state index >= 15 is 0 Å². The predicted octanol–water partition coefficient (Wildman–Crippen LogP) is 2.73. The smallest absolute Gasteiger partial charge is 0.377 e. The molecule has 0 radical (unpaired) electrons. The lowest BCUT2D eigenvalue weighted by molar-refractivity contribution is -0.154. The number of hydrogen-bond acceptors (Lipinski definition) is 9. The minimum Gasteiger partial charge on any atom is -0.505 e. The standard InChI is InChI=1S/C20H30O9/c1-2-27-15(22)11-9-7-5-3-4-6-8-10-12-16(23)28-13-14(21)19-17(24)18(25)20(26)29-19/h2,14,19,21,24-25H,1,3-13H2/t14-,19+/m0/s1. The van der Waals surface area contributed by atoms with Crippen molar-refractivity contribution in [2.24, 2.45) is 0 Å². The van der Waals surface area contributed by atoms with Crippen LogP contribution in [0.1, 0.15) is 64.2 Å². The second kappa shape index (κ2) is 13.6. The lowest BCUT2D eigenvalue weighted by Gasteiger charge is -2.17. The van der Waals surface area contributed by atoms with Crippen molar-refractivity contribution >= 4 is 17.9 Å². The summed E-state index contributed by atoms with van der Waals surface area (Å²) in [5.74, 6) is -3.60. The van der Waals surface area contributed by atoms with E-state index in [1.54, 1.807) is 0 Å². The van der Waals surface area contributed by atoms with Gasteiger partial charge in [0.05, 0.1) is 6.26 Å². The van der Waals surface area contributed by atoms with Gasteiger partial charge in [0.2, 0.25) is 5.76 Å². The molecule has 164 valence electrons. The number of unbranched alkanes of at least 4 members (excludes halogenated alkanes) is 7. The van der Waals surface area contributed by atoms with Gasteiger partial charge in [-0.1, -0.05) is 45.1 Å². The van der Waals surface area contributed by atoms with Crippen LogP contribution < -0.4 is 0 Å². The highest BCUT2D eigenvalue weighted by Gasteiger charge is 2.39. The Labute approximate surface area is 169 Å². The molecule has 2 atom stereocenters. The Bertz CT molecular complexity index is 597. The van der Waals surface area contributed by atoms with E-state index in [9.17, 15) is 24.6 Å². The molecule has 0 saturated carbocycles. The second-order valence-corrected chi connectivity index (χ2v) is 6.80. The zero-order valence-electron chi connectivity index (χ0n) is 16.5. The first-order chi connectivity index (χ1) is 13.9. The van der Waals surface area contributed by atoms with Crippen LogP contribution in [-0.2, 0) is 28.6 Å². The molecule has 9 nitrogen and oxygen atoms in total. The number of cyclic esters (lactones) is 1. The summed E-state index contributed by atoms with van der Waals surface area (Å²) in [5, 5.41) is 28.4. The highest BCUT2D eigenvalue weighted by molar-refractivity contribution is 5.89. The van der Waals surface area contributed by atoms with Gasteiger partial charge in [-0.05, 0) is 12.8 Å². The molecule has 9 heteroatoms. The highest BCUT2D eigenvalue weighted by atomic mass is 16.6. The molecular formula is C20H30O9. The molecule has 1 heterocycles. The van der Waals surface area contributed by atoms with Crippen molar-refractivity contribution < 1.29 is 43.9 Å². The van der Waals surface area contributed by atoms with Gasteiger partial charge < -0.3 is 29.5 Å². The third kappa shape index (κ3) is 9.47. The Morgan fingerprint density at radius 3 is 2.00 bits per heavy atom. The molecule has 0 spiro atoms. The Balaban J connectivity index is 1.97. The molecule has 1 rings (SSSR count). The van der Waals surface area contributed by atoms with E-state index in [0.29, 0.717) is 12.8 Å². The zero-order chi connectivity index (χ0) is 21.6. The van der Waals surface area contributed by atoms with Crippen molar-refractivity contribution in [3.8, 4) is 0 Å². The van der Waals surface area contributed by atoms with Crippen molar-refractivity contribution in [3.05, 3.63) is 24.4 Å². The lowest BCUT2D eigenvalue weighted by atomic mass is 10.1. The molecule has 0 aromatic carbocycles. The average molecular weight is 414 g/mol. The number of aliphatic hydroxyl groups is 3. The molecule has 1 aliphatic rings. The third-order valence-electron chi connectivity index (χ3n) is 4.43. The number of carbonyl (C=O) groups excluding carboxylic acids is 3. The normalized spacial score (nSPS) is 17.0. The molecule has 0 amide bonds. The van der Waals surface area contributed by atoms with E-state index in [0.717, 1.165) is 51.2 Å². The molecule has 0 bridgehead atoms. The van der Waals surface area contributed by atoms with E-state index in [-0.39, 0.29) is 12.4 Å². The largest absolute Gasteiger partial charge is 0.505 e. The van der Waals surface area contributed by atoms with E-state index < -0.39 is 42.3 Å². The van der Waals surface area contributed by atoms with Crippen molar-refractivity contribution in [2.45, 2.75) is 76.4 Å². The van der Waals surface area contributed by atoms with Crippen LogP contribution in [0.2, 0.25) is 0 Å². The Kier molecular flexibility index (Phi) is 11.5. The lowest BCUT2D eigenvalue weighted by Crippen LogP contribution is -2.33. The van der Waals surface area contributed by atoms with Gasteiger partial charge in [-0.2, -0.15) is 0 Å². The fourth-order valence-corrected chi connectivity index (χ4v) is 2.82. The Morgan fingerprint density at radius 2 is 1.52 bits per heavy atom. The average Bonchev–Trinajstić information content (AvgIpc) is 2.95. The SMILES string of the molecule is C=COC(=O)CCCCCCCCCCC(=O)OC[C@H](O)[C@H]1OC(=O)C(O)=C1O. The molecule has 0 unspecified atom stereocenters. The number of hydrogen-bond donors (Lipinski definition) is 3. The minimum absolute atomic E-state index is 0.204. The topological polar surface area (TPSA) is 140 Å². The van der Waals surface area contributed by atoms with Gasteiger partial charge in [0.25, 0.3) is 0 Å². The van der Waals surface area contributed by atoms with E-state index in [1.165, 1.54) is 0 Å². The quantitative estimate of drug-likeness (QED) is 0.160. The molecule has 0 fully saturated rings. The van der Waals surface area contributed by atoms with Crippen LogP contribution in [0.5, 0.6) is 0 Å². The summed E-state index contributed by atoms with van der Waals surface area (Å²) in [6, 6.07) is 0. The number of ether oxygens (including phenoxy) is 3. The number of aliphatic hydroxyl groups excluding tert-OH is 3. The Morgan fingerprint density at radius 1 is 1.00 bits per heavy atom. The van der Waals surface area contributed by atoms with Crippen LogP contribution in [0.3, 0.4) is 0 Å². The second-order valence-electron chi connectivity index (χ2n) is 6.80. The number of esters is 3. The van der Waals surface area contributed by atoms with Gasteiger partial charge in [0.1, 0.15) is 12.7 Å². The maximum atomic E-state index is 11.7. The predicted molar refractivity (Wildman–Crippen MR) is 102 cm³/mol. The third-order valence-corrected chi connectivity index (χ3v) is 4.43. The Hall–Kier alpha value is -2.55. The first-order valence-corrected chi connectivity index (χ1v) is 9.84.